The number of hydrogen-bond donors (Lipinski definition) is 1. The Morgan fingerprint density at radius 3 is 2.78 bits per heavy atom. The zero-order valence-electron chi connectivity index (χ0n) is 9.79. The van der Waals surface area contributed by atoms with E-state index < -0.39 is 11.2 Å². The number of hydrogen-bond acceptors (Lipinski definition) is 4. The number of rotatable bonds is 3. The standard InChI is InChI=1S/C14H12O4/c1-17-12-5-3-2-4-10(12)6-7-13-14(16)11(15)8-9-18-13/h2-9,16H,1H3/b7-6+. The molecule has 1 aromatic heterocycles. The minimum absolute atomic E-state index is 0.119. The molecule has 1 N–H and O–H groups in total. The fourth-order valence-electron chi connectivity index (χ4n) is 1.51. The Kier molecular flexibility index (Phi) is 3.48. The van der Waals surface area contributed by atoms with E-state index in [1.807, 2.05) is 24.3 Å². The summed E-state index contributed by atoms with van der Waals surface area (Å²) in [6.45, 7) is 0. The first-order valence-corrected chi connectivity index (χ1v) is 5.34. The summed E-state index contributed by atoms with van der Waals surface area (Å²) in [5.41, 5.74) is 0.354. The minimum Gasteiger partial charge on any atom is -0.502 e. The Balaban J connectivity index is 2.36. The van der Waals surface area contributed by atoms with Crippen molar-refractivity contribution in [2.75, 3.05) is 7.11 Å². The molecular weight excluding hydrogens is 232 g/mol. The first kappa shape index (κ1) is 12.0. The highest BCUT2D eigenvalue weighted by Crippen LogP contribution is 2.21. The molecule has 4 heteroatoms. The van der Waals surface area contributed by atoms with E-state index >= 15 is 0 Å². The molecule has 0 amide bonds. The average Bonchev–Trinajstić information content (AvgIpc) is 2.41. The van der Waals surface area contributed by atoms with E-state index in [-0.39, 0.29) is 5.76 Å². The normalized spacial score (nSPS) is 10.7. The smallest absolute Gasteiger partial charge is 0.227 e. The highest BCUT2D eigenvalue weighted by molar-refractivity contribution is 5.72. The van der Waals surface area contributed by atoms with Crippen molar-refractivity contribution in [3.05, 3.63) is 58.1 Å². The average molecular weight is 244 g/mol. The number of methoxy groups -OCH3 is 1. The van der Waals surface area contributed by atoms with Crippen molar-refractivity contribution < 1.29 is 14.3 Å². The Hall–Kier alpha value is -2.49. The van der Waals surface area contributed by atoms with Gasteiger partial charge in [0, 0.05) is 11.6 Å². The van der Waals surface area contributed by atoms with Crippen LogP contribution in [0.4, 0.5) is 0 Å². The number of ether oxygens (including phenoxy) is 1. The fourth-order valence-corrected chi connectivity index (χ4v) is 1.51. The third-order valence-corrected chi connectivity index (χ3v) is 2.43. The number of para-hydroxylation sites is 1. The SMILES string of the molecule is COc1ccccc1/C=C/c1occc(=O)c1O. The van der Waals surface area contributed by atoms with Crippen LogP contribution in [-0.4, -0.2) is 12.2 Å². The molecule has 4 nitrogen and oxygen atoms in total. The Bertz CT molecular complexity index is 626. The first-order chi connectivity index (χ1) is 8.72. The van der Waals surface area contributed by atoms with E-state index in [0.717, 1.165) is 11.6 Å². The van der Waals surface area contributed by atoms with Gasteiger partial charge in [-0.2, -0.15) is 0 Å². The van der Waals surface area contributed by atoms with Crippen molar-refractivity contribution in [1.29, 1.82) is 0 Å². The lowest BCUT2D eigenvalue weighted by atomic mass is 10.1. The van der Waals surface area contributed by atoms with E-state index in [4.69, 9.17) is 9.15 Å². The molecule has 0 aliphatic carbocycles. The van der Waals surface area contributed by atoms with E-state index in [0.29, 0.717) is 5.75 Å². The lowest BCUT2D eigenvalue weighted by Gasteiger charge is -2.03. The highest BCUT2D eigenvalue weighted by atomic mass is 16.5. The summed E-state index contributed by atoms with van der Waals surface area (Å²) in [6, 6.07) is 8.56. The molecule has 0 aliphatic rings. The maximum Gasteiger partial charge on any atom is 0.227 e. The predicted octanol–water partition coefficient (Wildman–Crippen LogP) is 2.52. The van der Waals surface area contributed by atoms with Gasteiger partial charge < -0.3 is 14.3 Å². The monoisotopic (exact) mass is 244 g/mol. The summed E-state index contributed by atoms with van der Waals surface area (Å²) in [7, 11) is 1.58. The van der Waals surface area contributed by atoms with Crippen molar-refractivity contribution in [3.8, 4) is 11.5 Å². The van der Waals surface area contributed by atoms with Gasteiger partial charge >= 0.3 is 0 Å². The maximum absolute atomic E-state index is 11.2. The molecule has 0 saturated carbocycles. The van der Waals surface area contributed by atoms with Crippen molar-refractivity contribution in [3.63, 3.8) is 0 Å². The molecule has 1 heterocycles. The van der Waals surface area contributed by atoms with Crippen LogP contribution in [0.3, 0.4) is 0 Å². The van der Waals surface area contributed by atoms with Crippen LogP contribution in [0.5, 0.6) is 11.5 Å². The summed E-state index contributed by atoms with van der Waals surface area (Å²) in [5.74, 6) is 0.420. The van der Waals surface area contributed by atoms with Gasteiger partial charge in [-0.3, -0.25) is 4.79 Å². The molecule has 2 rings (SSSR count). The van der Waals surface area contributed by atoms with Crippen molar-refractivity contribution in [2.45, 2.75) is 0 Å². The van der Waals surface area contributed by atoms with Gasteiger partial charge in [-0.05, 0) is 18.2 Å². The largest absolute Gasteiger partial charge is 0.502 e. The summed E-state index contributed by atoms with van der Waals surface area (Å²) in [4.78, 5) is 11.2. The Labute approximate surface area is 104 Å². The lowest BCUT2D eigenvalue weighted by Crippen LogP contribution is -1.97. The van der Waals surface area contributed by atoms with Crippen LogP contribution in [-0.2, 0) is 0 Å². The van der Waals surface area contributed by atoms with E-state index in [2.05, 4.69) is 0 Å². The molecule has 92 valence electrons. The van der Waals surface area contributed by atoms with Crippen LogP contribution in [0, 0.1) is 0 Å². The molecule has 0 unspecified atom stereocenters. The summed E-state index contributed by atoms with van der Waals surface area (Å²) < 4.78 is 10.2. The van der Waals surface area contributed by atoms with Gasteiger partial charge in [-0.1, -0.05) is 18.2 Å². The van der Waals surface area contributed by atoms with Crippen molar-refractivity contribution >= 4 is 12.2 Å². The van der Waals surface area contributed by atoms with E-state index in [9.17, 15) is 9.90 Å². The molecule has 0 saturated heterocycles. The summed E-state index contributed by atoms with van der Waals surface area (Å²) in [6.07, 6.45) is 4.47. The van der Waals surface area contributed by atoms with E-state index in [1.165, 1.54) is 12.3 Å². The van der Waals surface area contributed by atoms with Gasteiger partial charge in [-0.25, -0.2) is 0 Å². The summed E-state index contributed by atoms with van der Waals surface area (Å²) in [5, 5.41) is 9.51. The predicted molar refractivity (Wildman–Crippen MR) is 68.6 cm³/mol. The topological polar surface area (TPSA) is 59.7 Å². The molecule has 0 fully saturated rings. The van der Waals surface area contributed by atoms with Gasteiger partial charge in [0.2, 0.25) is 11.2 Å². The van der Waals surface area contributed by atoms with Crippen molar-refractivity contribution in [2.24, 2.45) is 0 Å². The van der Waals surface area contributed by atoms with Crippen molar-refractivity contribution in [1.82, 2.24) is 0 Å². The minimum atomic E-state index is -0.471. The van der Waals surface area contributed by atoms with Gasteiger partial charge in [0.1, 0.15) is 5.75 Å². The third kappa shape index (κ3) is 2.43. The zero-order chi connectivity index (χ0) is 13.0. The van der Waals surface area contributed by atoms with Gasteiger partial charge in [0.15, 0.2) is 5.76 Å². The molecule has 1 aromatic carbocycles. The Morgan fingerprint density at radius 2 is 2.00 bits per heavy atom. The molecule has 0 atom stereocenters. The summed E-state index contributed by atoms with van der Waals surface area (Å²) >= 11 is 0. The molecule has 0 radical (unpaired) electrons. The number of aromatic hydroxyl groups is 1. The van der Waals surface area contributed by atoms with Gasteiger partial charge in [0.05, 0.1) is 13.4 Å². The quantitative estimate of drug-likeness (QED) is 0.901. The molecule has 2 aromatic rings. The zero-order valence-corrected chi connectivity index (χ0v) is 9.79. The van der Waals surface area contributed by atoms with Crippen LogP contribution in [0.25, 0.3) is 12.2 Å². The van der Waals surface area contributed by atoms with Crippen LogP contribution in [0.1, 0.15) is 11.3 Å². The fraction of sp³-hybridized carbons (Fsp3) is 0.0714. The second-order valence-electron chi connectivity index (χ2n) is 3.57. The number of benzene rings is 1. The lowest BCUT2D eigenvalue weighted by molar-refractivity contribution is 0.414. The van der Waals surface area contributed by atoms with Gasteiger partial charge in [0.25, 0.3) is 0 Å². The van der Waals surface area contributed by atoms with Gasteiger partial charge in [-0.15, -0.1) is 0 Å². The molecule has 0 aliphatic heterocycles. The van der Waals surface area contributed by atoms with Crippen LogP contribution < -0.4 is 10.2 Å². The molecular formula is C14H12O4. The van der Waals surface area contributed by atoms with Crippen LogP contribution >= 0.6 is 0 Å². The second-order valence-corrected chi connectivity index (χ2v) is 3.57. The van der Waals surface area contributed by atoms with Crippen LogP contribution in [0.15, 0.2) is 45.8 Å². The maximum atomic E-state index is 11.2. The second kappa shape index (κ2) is 5.23. The Morgan fingerprint density at radius 1 is 1.22 bits per heavy atom. The van der Waals surface area contributed by atoms with E-state index in [1.54, 1.807) is 13.2 Å². The van der Waals surface area contributed by atoms with Crippen LogP contribution in [0.2, 0.25) is 0 Å². The molecule has 18 heavy (non-hydrogen) atoms. The third-order valence-electron chi connectivity index (χ3n) is 2.43. The molecule has 0 spiro atoms. The highest BCUT2D eigenvalue weighted by Gasteiger charge is 2.04. The first-order valence-electron chi connectivity index (χ1n) is 5.34. The molecule has 0 bridgehead atoms.